The molecule has 1 aliphatic heterocycles. The van der Waals surface area contributed by atoms with Crippen LogP contribution < -0.4 is 9.64 Å². The minimum atomic E-state index is -0.864. The third-order valence-corrected chi connectivity index (χ3v) is 5.90. The van der Waals surface area contributed by atoms with Crippen molar-refractivity contribution in [3.63, 3.8) is 0 Å². The van der Waals surface area contributed by atoms with Crippen LogP contribution in [0, 0.1) is 26.6 Å². The Bertz CT molecular complexity index is 1290. The van der Waals surface area contributed by atoms with Crippen molar-refractivity contribution in [3.8, 4) is 5.75 Å². The molecule has 0 radical (unpaired) electrons. The third kappa shape index (κ3) is 3.89. The van der Waals surface area contributed by atoms with E-state index in [0.29, 0.717) is 28.1 Å². The van der Waals surface area contributed by atoms with Gasteiger partial charge in [-0.15, -0.1) is 0 Å². The van der Waals surface area contributed by atoms with Crippen molar-refractivity contribution in [2.45, 2.75) is 26.8 Å². The van der Waals surface area contributed by atoms with E-state index in [4.69, 9.17) is 4.74 Å². The molecule has 168 valence electrons. The van der Waals surface area contributed by atoms with Crippen LogP contribution in [0.25, 0.3) is 5.76 Å². The number of ether oxygens (including phenoxy) is 1. The number of ketones is 1. The van der Waals surface area contributed by atoms with E-state index < -0.39 is 23.5 Å². The monoisotopic (exact) mass is 445 g/mol. The van der Waals surface area contributed by atoms with Gasteiger partial charge in [0.1, 0.15) is 17.3 Å². The number of carbonyl (C=O) groups excluding carboxylic acids is 2. The molecule has 0 aliphatic carbocycles. The van der Waals surface area contributed by atoms with Crippen LogP contribution in [-0.2, 0) is 9.59 Å². The summed E-state index contributed by atoms with van der Waals surface area (Å²) in [6.07, 6.45) is 0. The number of hydrogen-bond donors (Lipinski definition) is 1. The van der Waals surface area contributed by atoms with Crippen LogP contribution in [0.4, 0.5) is 10.1 Å². The number of aliphatic hydroxyl groups excluding tert-OH is 1. The van der Waals surface area contributed by atoms with Gasteiger partial charge in [0.2, 0.25) is 0 Å². The number of aliphatic hydroxyl groups is 1. The van der Waals surface area contributed by atoms with Gasteiger partial charge in [0.25, 0.3) is 11.7 Å². The van der Waals surface area contributed by atoms with Crippen molar-refractivity contribution < 1.29 is 23.8 Å². The lowest BCUT2D eigenvalue weighted by Gasteiger charge is -2.26. The first-order chi connectivity index (χ1) is 15.7. The largest absolute Gasteiger partial charge is 0.507 e. The van der Waals surface area contributed by atoms with Crippen LogP contribution in [0.5, 0.6) is 5.75 Å². The van der Waals surface area contributed by atoms with Crippen LogP contribution >= 0.6 is 0 Å². The fourth-order valence-electron chi connectivity index (χ4n) is 4.27. The van der Waals surface area contributed by atoms with Gasteiger partial charge in [-0.2, -0.15) is 0 Å². The molecule has 0 saturated carbocycles. The summed E-state index contributed by atoms with van der Waals surface area (Å²) < 4.78 is 18.9. The summed E-state index contributed by atoms with van der Waals surface area (Å²) in [5.41, 5.74) is 3.89. The number of methoxy groups -OCH3 is 1. The van der Waals surface area contributed by atoms with Crippen molar-refractivity contribution in [1.82, 2.24) is 0 Å². The fraction of sp³-hybridized carbons (Fsp3) is 0.185. The van der Waals surface area contributed by atoms with E-state index >= 15 is 0 Å². The Morgan fingerprint density at radius 3 is 2.30 bits per heavy atom. The average Bonchev–Trinajstić information content (AvgIpc) is 3.06. The molecule has 33 heavy (non-hydrogen) atoms. The van der Waals surface area contributed by atoms with Gasteiger partial charge in [-0.25, -0.2) is 4.39 Å². The smallest absolute Gasteiger partial charge is 0.300 e. The molecule has 1 heterocycles. The zero-order valence-corrected chi connectivity index (χ0v) is 18.8. The van der Waals surface area contributed by atoms with Crippen LogP contribution in [0.3, 0.4) is 0 Å². The molecule has 5 nitrogen and oxygen atoms in total. The quantitative estimate of drug-likeness (QED) is 0.332. The van der Waals surface area contributed by atoms with Gasteiger partial charge in [-0.3, -0.25) is 14.5 Å². The van der Waals surface area contributed by atoms with Crippen LogP contribution in [0.15, 0.2) is 66.2 Å². The Morgan fingerprint density at radius 2 is 1.67 bits per heavy atom. The molecular formula is C27H24FNO4. The molecule has 4 rings (SSSR count). The number of rotatable bonds is 4. The Kier molecular flexibility index (Phi) is 5.77. The summed E-state index contributed by atoms with van der Waals surface area (Å²) in [4.78, 5) is 27.7. The number of benzene rings is 3. The molecule has 1 saturated heterocycles. The topological polar surface area (TPSA) is 66.8 Å². The molecule has 1 unspecified atom stereocenters. The standard InChI is InChI=1S/C27H24FNO4/c1-15-6-5-7-18(12-15)24-23(25(30)21-13-17(3)22(33-4)14-16(21)2)26(31)27(32)29(24)20-10-8-19(28)9-11-20/h5-14,24,30H,1-4H3/b25-23+. The number of carbonyl (C=O) groups is 2. The maximum atomic E-state index is 13.6. The summed E-state index contributed by atoms with van der Waals surface area (Å²) in [7, 11) is 1.56. The average molecular weight is 445 g/mol. The van der Waals surface area contributed by atoms with Crippen molar-refractivity contribution in [2.24, 2.45) is 0 Å². The van der Waals surface area contributed by atoms with Gasteiger partial charge in [0, 0.05) is 11.3 Å². The van der Waals surface area contributed by atoms with E-state index in [9.17, 15) is 19.1 Å². The summed E-state index contributed by atoms with van der Waals surface area (Å²) in [6, 6.07) is 15.4. The highest BCUT2D eigenvalue weighted by Gasteiger charge is 2.47. The Hall–Kier alpha value is -3.93. The number of Topliss-reactive ketones (excluding diaryl/α,β-unsaturated/α-hetero) is 1. The minimum Gasteiger partial charge on any atom is -0.507 e. The Morgan fingerprint density at radius 1 is 0.970 bits per heavy atom. The number of amides is 1. The minimum absolute atomic E-state index is 0.0115. The SMILES string of the molecule is COc1cc(C)c(/C(O)=C2\C(=O)C(=O)N(c3ccc(F)cc3)C2c2cccc(C)c2)cc1C. The van der Waals surface area contributed by atoms with Gasteiger partial charge in [-0.1, -0.05) is 29.8 Å². The fourth-order valence-corrected chi connectivity index (χ4v) is 4.27. The van der Waals surface area contributed by atoms with E-state index in [2.05, 4.69) is 0 Å². The van der Waals surface area contributed by atoms with Crippen LogP contribution in [0.1, 0.15) is 33.9 Å². The van der Waals surface area contributed by atoms with E-state index in [1.54, 1.807) is 32.2 Å². The zero-order valence-electron chi connectivity index (χ0n) is 18.8. The second kappa shape index (κ2) is 8.54. The summed E-state index contributed by atoms with van der Waals surface area (Å²) >= 11 is 0. The molecule has 1 atom stereocenters. The highest BCUT2D eigenvalue weighted by Crippen LogP contribution is 2.43. The van der Waals surface area contributed by atoms with Crippen molar-refractivity contribution in [2.75, 3.05) is 12.0 Å². The second-order valence-electron chi connectivity index (χ2n) is 8.20. The van der Waals surface area contributed by atoms with E-state index in [1.165, 1.54) is 29.2 Å². The van der Waals surface area contributed by atoms with Gasteiger partial charge in [0.15, 0.2) is 0 Å². The van der Waals surface area contributed by atoms with Gasteiger partial charge in [0.05, 0.1) is 18.7 Å². The molecule has 1 N–H and O–H groups in total. The first-order valence-corrected chi connectivity index (χ1v) is 10.5. The van der Waals surface area contributed by atoms with Crippen molar-refractivity contribution in [1.29, 1.82) is 0 Å². The predicted molar refractivity (Wildman–Crippen MR) is 125 cm³/mol. The number of anilines is 1. The number of hydrogen-bond acceptors (Lipinski definition) is 4. The molecule has 1 fully saturated rings. The lowest BCUT2D eigenvalue weighted by Crippen LogP contribution is -2.29. The Labute approximate surface area is 191 Å². The third-order valence-electron chi connectivity index (χ3n) is 5.90. The Balaban J connectivity index is 1.98. The maximum absolute atomic E-state index is 13.6. The van der Waals surface area contributed by atoms with E-state index in [1.807, 2.05) is 32.0 Å². The highest BCUT2D eigenvalue weighted by atomic mass is 19.1. The number of nitrogens with zero attached hydrogens (tertiary/aromatic N) is 1. The van der Waals surface area contributed by atoms with E-state index in [-0.39, 0.29) is 11.3 Å². The van der Waals surface area contributed by atoms with Crippen molar-refractivity contribution in [3.05, 3.63) is 99.9 Å². The van der Waals surface area contributed by atoms with Gasteiger partial charge >= 0.3 is 0 Å². The van der Waals surface area contributed by atoms with Crippen molar-refractivity contribution >= 4 is 23.1 Å². The van der Waals surface area contributed by atoms with Crippen LogP contribution in [0.2, 0.25) is 0 Å². The molecule has 3 aromatic rings. The molecule has 1 aliphatic rings. The molecule has 3 aromatic carbocycles. The second-order valence-corrected chi connectivity index (χ2v) is 8.20. The molecular weight excluding hydrogens is 421 g/mol. The molecule has 0 aromatic heterocycles. The summed E-state index contributed by atoms with van der Waals surface area (Å²) in [6.45, 7) is 5.55. The predicted octanol–water partition coefficient (Wildman–Crippen LogP) is 5.39. The molecule has 6 heteroatoms. The molecule has 1 amide bonds. The molecule has 0 spiro atoms. The zero-order chi connectivity index (χ0) is 23.9. The number of halogens is 1. The molecule has 0 bridgehead atoms. The lowest BCUT2D eigenvalue weighted by molar-refractivity contribution is -0.132. The summed E-state index contributed by atoms with van der Waals surface area (Å²) in [5.74, 6) is -1.63. The first kappa shape index (κ1) is 22.3. The lowest BCUT2D eigenvalue weighted by atomic mass is 9.92. The van der Waals surface area contributed by atoms with Gasteiger partial charge in [-0.05, 0) is 73.9 Å². The van der Waals surface area contributed by atoms with Gasteiger partial charge < -0.3 is 9.84 Å². The normalized spacial score (nSPS) is 17.5. The number of aryl methyl sites for hydroxylation is 3. The van der Waals surface area contributed by atoms with E-state index in [0.717, 1.165) is 11.1 Å². The highest BCUT2D eigenvalue weighted by molar-refractivity contribution is 6.51. The first-order valence-electron chi connectivity index (χ1n) is 10.5. The summed E-state index contributed by atoms with van der Waals surface area (Å²) in [5, 5.41) is 11.4. The maximum Gasteiger partial charge on any atom is 0.300 e. The van der Waals surface area contributed by atoms with Crippen LogP contribution in [-0.4, -0.2) is 23.9 Å².